The first-order valence-corrected chi connectivity index (χ1v) is 6.80. The number of carbonyl (C=O) groups excluding carboxylic acids is 2. The third-order valence-electron chi connectivity index (χ3n) is 3.28. The largest absolute Gasteiger partial charge is 0.468 e. The van der Waals surface area contributed by atoms with Gasteiger partial charge in [-0.1, -0.05) is 5.21 Å². The van der Waals surface area contributed by atoms with E-state index in [2.05, 4.69) is 15.0 Å². The minimum absolute atomic E-state index is 0.0640. The number of ether oxygens (including phenoxy) is 1. The summed E-state index contributed by atoms with van der Waals surface area (Å²) in [6, 6.07) is 5.23. The molecule has 112 valence electrons. The monoisotopic (exact) mass is 290 g/mol. The van der Waals surface area contributed by atoms with Gasteiger partial charge in [0.15, 0.2) is 0 Å². The van der Waals surface area contributed by atoms with E-state index in [9.17, 15) is 9.59 Å². The summed E-state index contributed by atoms with van der Waals surface area (Å²) < 4.78 is 6.36. The number of rotatable bonds is 5. The maximum atomic E-state index is 12.4. The van der Waals surface area contributed by atoms with Crippen molar-refractivity contribution >= 4 is 22.9 Å². The number of nitrogens with zero attached hydrogens (tertiary/aromatic N) is 4. The van der Waals surface area contributed by atoms with Gasteiger partial charge in [-0.15, -0.1) is 5.10 Å². The van der Waals surface area contributed by atoms with Gasteiger partial charge in [-0.05, 0) is 32.0 Å². The lowest BCUT2D eigenvalue weighted by Crippen LogP contribution is -2.36. The number of amides is 1. The van der Waals surface area contributed by atoms with Crippen LogP contribution >= 0.6 is 0 Å². The van der Waals surface area contributed by atoms with Crippen molar-refractivity contribution in [2.75, 3.05) is 20.2 Å². The third kappa shape index (κ3) is 3.01. The first-order chi connectivity index (χ1) is 10.1. The molecule has 0 N–H and O–H groups in total. The Morgan fingerprint density at radius 1 is 1.33 bits per heavy atom. The Morgan fingerprint density at radius 3 is 2.71 bits per heavy atom. The standard InChI is InChI=1S/C14H18N4O3/c1-4-17(9-13(19)21-3)14(20)10-6-7-12-11(8-10)15-16-18(12)5-2/h6-8H,4-5,9H2,1-3H3. The highest BCUT2D eigenvalue weighted by molar-refractivity contribution is 5.98. The van der Waals surface area contributed by atoms with Crippen LogP contribution in [-0.2, 0) is 16.1 Å². The molecule has 0 saturated carbocycles. The molecule has 0 aliphatic rings. The molecule has 0 unspecified atom stereocenters. The zero-order valence-electron chi connectivity index (χ0n) is 12.4. The van der Waals surface area contributed by atoms with Crippen LogP contribution in [0, 0.1) is 0 Å². The second-order valence-electron chi connectivity index (χ2n) is 4.50. The van der Waals surface area contributed by atoms with Crippen molar-refractivity contribution in [3.05, 3.63) is 23.8 Å². The van der Waals surface area contributed by atoms with Crippen LogP contribution in [0.1, 0.15) is 24.2 Å². The number of carbonyl (C=O) groups is 2. The minimum Gasteiger partial charge on any atom is -0.468 e. The molecule has 0 saturated heterocycles. The van der Waals surface area contributed by atoms with E-state index in [-0.39, 0.29) is 12.5 Å². The second-order valence-corrected chi connectivity index (χ2v) is 4.50. The first kappa shape index (κ1) is 15.0. The maximum absolute atomic E-state index is 12.4. The predicted molar refractivity (Wildman–Crippen MR) is 76.8 cm³/mol. The minimum atomic E-state index is -0.441. The average molecular weight is 290 g/mol. The summed E-state index contributed by atoms with van der Waals surface area (Å²) in [6.07, 6.45) is 0. The molecule has 0 bridgehead atoms. The maximum Gasteiger partial charge on any atom is 0.325 e. The summed E-state index contributed by atoms with van der Waals surface area (Å²) in [5.74, 6) is -0.668. The van der Waals surface area contributed by atoms with E-state index in [0.29, 0.717) is 24.2 Å². The molecule has 1 aromatic carbocycles. The van der Waals surface area contributed by atoms with Gasteiger partial charge < -0.3 is 9.64 Å². The second kappa shape index (κ2) is 6.34. The molecule has 2 rings (SSSR count). The molecule has 7 nitrogen and oxygen atoms in total. The number of aromatic nitrogens is 3. The molecule has 0 spiro atoms. The first-order valence-electron chi connectivity index (χ1n) is 6.80. The molecule has 21 heavy (non-hydrogen) atoms. The number of benzene rings is 1. The van der Waals surface area contributed by atoms with Crippen LogP contribution in [0.4, 0.5) is 0 Å². The van der Waals surface area contributed by atoms with Crippen molar-refractivity contribution in [1.82, 2.24) is 19.9 Å². The Bertz CT molecular complexity index is 665. The lowest BCUT2D eigenvalue weighted by atomic mass is 10.1. The molecular formula is C14H18N4O3. The van der Waals surface area contributed by atoms with E-state index >= 15 is 0 Å². The van der Waals surface area contributed by atoms with Crippen molar-refractivity contribution in [1.29, 1.82) is 0 Å². The number of hydrogen-bond donors (Lipinski definition) is 0. The molecule has 0 radical (unpaired) electrons. The summed E-state index contributed by atoms with van der Waals surface area (Å²) in [4.78, 5) is 25.2. The van der Waals surface area contributed by atoms with Gasteiger partial charge in [0.25, 0.3) is 5.91 Å². The van der Waals surface area contributed by atoms with Gasteiger partial charge >= 0.3 is 5.97 Å². The Balaban J connectivity index is 2.27. The van der Waals surface area contributed by atoms with E-state index in [0.717, 1.165) is 5.52 Å². The molecular weight excluding hydrogens is 272 g/mol. The number of aryl methyl sites for hydroxylation is 1. The lowest BCUT2D eigenvalue weighted by molar-refractivity contribution is -0.141. The normalized spacial score (nSPS) is 10.6. The number of esters is 1. The van der Waals surface area contributed by atoms with Crippen molar-refractivity contribution in [2.45, 2.75) is 20.4 Å². The highest BCUT2D eigenvalue weighted by Gasteiger charge is 2.18. The summed E-state index contributed by atoms with van der Waals surface area (Å²) in [5.41, 5.74) is 2.03. The van der Waals surface area contributed by atoms with Crippen molar-refractivity contribution in [3.63, 3.8) is 0 Å². The predicted octanol–water partition coefficient (Wildman–Crippen LogP) is 1.09. The van der Waals surface area contributed by atoms with Gasteiger partial charge in [-0.25, -0.2) is 4.68 Å². The summed E-state index contributed by atoms with van der Waals surface area (Å²) in [7, 11) is 1.30. The van der Waals surface area contributed by atoms with Crippen LogP contribution in [0.5, 0.6) is 0 Å². The molecule has 1 heterocycles. The fourth-order valence-corrected chi connectivity index (χ4v) is 2.07. The van der Waals surface area contributed by atoms with Gasteiger partial charge in [-0.2, -0.15) is 0 Å². The molecule has 0 aliphatic heterocycles. The number of likely N-dealkylation sites (N-methyl/N-ethyl adjacent to an activating group) is 1. The van der Waals surface area contributed by atoms with E-state index in [1.165, 1.54) is 12.0 Å². The smallest absolute Gasteiger partial charge is 0.325 e. The molecule has 1 aromatic heterocycles. The highest BCUT2D eigenvalue weighted by Crippen LogP contribution is 2.15. The fraction of sp³-hybridized carbons (Fsp3) is 0.429. The molecule has 1 amide bonds. The van der Waals surface area contributed by atoms with Crippen LogP contribution in [0.2, 0.25) is 0 Å². The van der Waals surface area contributed by atoms with Crippen LogP contribution in [-0.4, -0.2) is 52.0 Å². The third-order valence-corrected chi connectivity index (χ3v) is 3.28. The molecule has 0 aliphatic carbocycles. The summed E-state index contributed by atoms with van der Waals surface area (Å²) in [6.45, 7) is 4.86. The van der Waals surface area contributed by atoms with E-state index in [4.69, 9.17) is 0 Å². The van der Waals surface area contributed by atoms with Gasteiger partial charge in [0.1, 0.15) is 12.1 Å². The van der Waals surface area contributed by atoms with Gasteiger partial charge in [0.05, 0.1) is 12.6 Å². The lowest BCUT2D eigenvalue weighted by Gasteiger charge is -2.19. The van der Waals surface area contributed by atoms with Gasteiger partial charge in [0, 0.05) is 18.7 Å². The highest BCUT2D eigenvalue weighted by atomic mass is 16.5. The fourth-order valence-electron chi connectivity index (χ4n) is 2.07. The van der Waals surface area contributed by atoms with Crippen molar-refractivity contribution < 1.29 is 14.3 Å². The molecule has 7 heteroatoms. The SMILES string of the molecule is CCN(CC(=O)OC)C(=O)c1ccc2c(c1)nnn2CC. The summed E-state index contributed by atoms with van der Waals surface area (Å²) >= 11 is 0. The van der Waals surface area contributed by atoms with Gasteiger partial charge in [-0.3, -0.25) is 9.59 Å². The Labute approximate surface area is 122 Å². The molecule has 0 atom stereocenters. The Kier molecular flexibility index (Phi) is 4.52. The number of methoxy groups -OCH3 is 1. The number of hydrogen-bond acceptors (Lipinski definition) is 5. The summed E-state index contributed by atoms with van der Waals surface area (Å²) in [5, 5.41) is 8.05. The average Bonchev–Trinajstić information content (AvgIpc) is 2.93. The van der Waals surface area contributed by atoms with Crippen molar-refractivity contribution in [3.8, 4) is 0 Å². The zero-order chi connectivity index (χ0) is 15.4. The topological polar surface area (TPSA) is 77.3 Å². The molecule has 0 fully saturated rings. The quantitative estimate of drug-likeness (QED) is 0.770. The van der Waals surface area contributed by atoms with E-state index in [1.54, 1.807) is 16.8 Å². The van der Waals surface area contributed by atoms with E-state index < -0.39 is 5.97 Å². The Morgan fingerprint density at radius 2 is 2.10 bits per heavy atom. The van der Waals surface area contributed by atoms with Crippen LogP contribution < -0.4 is 0 Å². The van der Waals surface area contributed by atoms with Crippen LogP contribution in [0.15, 0.2) is 18.2 Å². The van der Waals surface area contributed by atoms with Crippen molar-refractivity contribution in [2.24, 2.45) is 0 Å². The van der Waals surface area contributed by atoms with E-state index in [1.807, 2.05) is 19.9 Å². The Hall–Kier alpha value is -2.44. The van der Waals surface area contributed by atoms with Gasteiger partial charge in [0.2, 0.25) is 0 Å². The van der Waals surface area contributed by atoms with Crippen LogP contribution in [0.3, 0.4) is 0 Å². The zero-order valence-corrected chi connectivity index (χ0v) is 12.4. The molecule has 2 aromatic rings. The number of fused-ring (bicyclic) bond motifs is 1. The van der Waals surface area contributed by atoms with Crippen LogP contribution in [0.25, 0.3) is 11.0 Å².